The van der Waals surface area contributed by atoms with Crippen molar-refractivity contribution in [3.8, 4) is 22.9 Å². The van der Waals surface area contributed by atoms with E-state index in [9.17, 15) is 9.90 Å². The molecule has 3 aromatic rings. The van der Waals surface area contributed by atoms with Crippen LogP contribution in [0.15, 0.2) is 52.5 Å². The molecule has 0 aliphatic heterocycles. The van der Waals surface area contributed by atoms with Gasteiger partial charge in [-0.1, -0.05) is 23.7 Å². The SMILES string of the molecule is COc1cccc(/C=C(\Sc2n[nH]c(-c3ccc(Cl)cc3)n2)C(=O)O)c1OC. The van der Waals surface area contributed by atoms with E-state index in [0.29, 0.717) is 27.9 Å². The summed E-state index contributed by atoms with van der Waals surface area (Å²) in [6, 6.07) is 12.3. The molecule has 0 unspecified atom stereocenters. The lowest BCUT2D eigenvalue weighted by Gasteiger charge is -2.10. The molecule has 0 atom stereocenters. The number of para-hydroxylation sites is 1. The minimum atomic E-state index is -1.10. The fourth-order valence-corrected chi connectivity index (χ4v) is 3.25. The van der Waals surface area contributed by atoms with Crippen molar-refractivity contribution >= 4 is 35.4 Å². The number of H-pyrrole nitrogens is 1. The maximum absolute atomic E-state index is 11.7. The number of methoxy groups -OCH3 is 2. The number of aliphatic carboxylic acids is 1. The minimum Gasteiger partial charge on any atom is -0.493 e. The molecule has 0 saturated carbocycles. The Morgan fingerprint density at radius 3 is 2.57 bits per heavy atom. The van der Waals surface area contributed by atoms with Gasteiger partial charge in [0.05, 0.1) is 14.2 Å². The van der Waals surface area contributed by atoms with E-state index in [1.54, 1.807) is 42.5 Å². The normalized spacial score (nSPS) is 11.3. The summed E-state index contributed by atoms with van der Waals surface area (Å²) in [5.74, 6) is 0.366. The lowest BCUT2D eigenvalue weighted by molar-refractivity contribution is -0.131. The Morgan fingerprint density at radius 2 is 1.93 bits per heavy atom. The standard InChI is InChI=1S/C19H16ClN3O4S/c1-26-14-5-3-4-12(16(14)27-2)10-15(18(24)25)28-19-21-17(22-23-19)11-6-8-13(20)9-7-11/h3-10H,1-2H3,(H,24,25)(H,21,22,23)/b15-10-. The number of hydrogen-bond acceptors (Lipinski definition) is 6. The highest BCUT2D eigenvalue weighted by Gasteiger charge is 2.16. The van der Waals surface area contributed by atoms with Crippen LogP contribution in [0, 0.1) is 0 Å². The number of benzene rings is 2. The Labute approximate surface area is 170 Å². The van der Waals surface area contributed by atoms with E-state index in [-0.39, 0.29) is 10.1 Å². The Morgan fingerprint density at radius 1 is 1.18 bits per heavy atom. The van der Waals surface area contributed by atoms with Crippen molar-refractivity contribution in [1.29, 1.82) is 0 Å². The summed E-state index contributed by atoms with van der Waals surface area (Å²) >= 11 is 6.82. The van der Waals surface area contributed by atoms with Crippen LogP contribution in [0.25, 0.3) is 17.5 Å². The van der Waals surface area contributed by atoms with E-state index in [4.69, 9.17) is 21.1 Å². The molecule has 7 nitrogen and oxygen atoms in total. The van der Waals surface area contributed by atoms with Crippen LogP contribution in [0.4, 0.5) is 0 Å². The molecular formula is C19H16ClN3O4S. The third-order valence-corrected chi connectivity index (χ3v) is 4.84. The Kier molecular flexibility index (Phi) is 6.23. The zero-order valence-electron chi connectivity index (χ0n) is 15.0. The van der Waals surface area contributed by atoms with Gasteiger partial charge in [0.25, 0.3) is 0 Å². The van der Waals surface area contributed by atoms with Gasteiger partial charge in [-0.25, -0.2) is 9.78 Å². The minimum absolute atomic E-state index is 0.0354. The lowest BCUT2D eigenvalue weighted by atomic mass is 10.1. The van der Waals surface area contributed by atoms with E-state index in [2.05, 4.69) is 15.2 Å². The summed E-state index contributed by atoms with van der Waals surface area (Å²) in [6.45, 7) is 0. The second-order valence-electron chi connectivity index (χ2n) is 5.47. The number of thioether (sulfide) groups is 1. The number of nitrogens with zero attached hydrogens (tertiary/aromatic N) is 2. The van der Waals surface area contributed by atoms with Gasteiger partial charge in [0.15, 0.2) is 17.3 Å². The summed E-state index contributed by atoms with van der Waals surface area (Å²) < 4.78 is 10.6. The molecular weight excluding hydrogens is 402 g/mol. The Hall–Kier alpha value is -2.97. The summed E-state index contributed by atoms with van der Waals surface area (Å²) in [4.78, 5) is 16.1. The molecule has 0 fully saturated rings. The molecule has 0 saturated heterocycles. The molecule has 28 heavy (non-hydrogen) atoms. The van der Waals surface area contributed by atoms with E-state index >= 15 is 0 Å². The Bertz CT molecular complexity index is 1020. The van der Waals surface area contributed by atoms with Gasteiger partial charge in [0.1, 0.15) is 4.91 Å². The third kappa shape index (κ3) is 4.47. The first kappa shape index (κ1) is 19.8. The molecule has 0 aliphatic rings. The van der Waals surface area contributed by atoms with Gasteiger partial charge in [-0.2, -0.15) is 0 Å². The molecule has 0 amide bonds. The van der Waals surface area contributed by atoms with E-state index in [1.807, 2.05) is 0 Å². The summed E-state index contributed by atoms with van der Waals surface area (Å²) in [6.07, 6.45) is 1.49. The first-order chi connectivity index (χ1) is 13.5. The quantitative estimate of drug-likeness (QED) is 0.435. The molecule has 2 aromatic carbocycles. The molecule has 9 heteroatoms. The smallest absolute Gasteiger partial charge is 0.342 e. The summed E-state index contributed by atoms with van der Waals surface area (Å²) in [5, 5.41) is 17.4. The molecule has 0 radical (unpaired) electrons. The molecule has 1 heterocycles. The first-order valence-electron chi connectivity index (χ1n) is 8.04. The number of ether oxygens (including phenoxy) is 2. The van der Waals surface area contributed by atoms with Gasteiger partial charge >= 0.3 is 5.97 Å². The van der Waals surface area contributed by atoms with Crippen LogP contribution in [0.5, 0.6) is 11.5 Å². The van der Waals surface area contributed by atoms with Gasteiger partial charge < -0.3 is 14.6 Å². The van der Waals surface area contributed by atoms with Crippen molar-refractivity contribution in [1.82, 2.24) is 15.2 Å². The molecule has 3 rings (SSSR count). The largest absolute Gasteiger partial charge is 0.493 e. The lowest BCUT2D eigenvalue weighted by Crippen LogP contribution is -1.99. The van der Waals surface area contributed by atoms with Crippen LogP contribution in [-0.2, 0) is 4.79 Å². The number of nitrogens with one attached hydrogen (secondary N) is 1. The number of halogens is 1. The predicted octanol–water partition coefficient (Wildman–Crippen LogP) is 4.36. The molecule has 0 aliphatic carbocycles. The number of carboxylic acids is 1. The fraction of sp³-hybridized carbons (Fsp3) is 0.105. The average molecular weight is 418 g/mol. The van der Waals surface area contributed by atoms with Gasteiger partial charge in [-0.3, -0.25) is 5.10 Å². The van der Waals surface area contributed by atoms with Crippen molar-refractivity contribution in [2.45, 2.75) is 5.16 Å². The van der Waals surface area contributed by atoms with Gasteiger partial charge in [-0.15, -0.1) is 5.10 Å². The van der Waals surface area contributed by atoms with Crippen LogP contribution in [0.2, 0.25) is 5.02 Å². The number of aromatic nitrogens is 3. The van der Waals surface area contributed by atoms with E-state index < -0.39 is 5.97 Å². The maximum atomic E-state index is 11.7. The third-order valence-electron chi connectivity index (χ3n) is 3.71. The highest BCUT2D eigenvalue weighted by Crippen LogP contribution is 2.35. The summed E-state index contributed by atoms with van der Waals surface area (Å²) in [5.41, 5.74) is 1.36. The number of carboxylic acid groups (broad SMARTS) is 1. The van der Waals surface area contributed by atoms with Gasteiger partial charge in [0.2, 0.25) is 5.16 Å². The zero-order chi connectivity index (χ0) is 20.1. The van der Waals surface area contributed by atoms with Crippen molar-refractivity contribution in [2.75, 3.05) is 14.2 Å². The number of aromatic amines is 1. The molecule has 2 N–H and O–H groups in total. The molecule has 0 bridgehead atoms. The number of rotatable bonds is 7. The van der Waals surface area contributed by atoms with Gasteiger partial charge in [0, 0.05) is 16.1 Å². The topological polar surface area (TPSA) is 97.3 Å². The van der Waals surface area contributed by atoms with Crippen LogP contribution in [-0.4, -0.2) is 40.5 Å². The number of carbonyl (C=O) groups is 1. The van der Waals surface area contributed by atoms with Gasteiger partial charge in [-0.05, 0) is 48.2 Å². The van der Waals surface area contributed by atoms with Crippen LogP contribution < -0.4 is 9.47 Å². The maximum Gasteiger partial charge on any atom is 0.342 e. The number of hydrogen-bond donors (Lipinski definition) is 2. The van der Waals surface area contributed by atoms with Crippen molar-refractivity contribution < 1.29 is 19.4 Å². The van der Waals surface area contributed by atoms with Crippen molar-refractivity contribution in [3.63, 3.8) is 0 Å². The Balaban J connectivity index is 1.90. The second-order valence-corrected chi connectivity index (χ2v) is 6.92. The monoisotopic (exact) mass is 417 g/mol. The highest BCUT2D eigenvalue weighted by atomic mass is 35.5. The fourth-order valence-electron chi connectivity index (χ4n) is 2.43. The van der Waals surface area contributed by atoms with Crippen molar-refractivity contribution in [3.05, 3.63) is 58.0 Å². The van der Waals surface area contributed by atoms with E-state index in [1.165, 1.54) is 20.3 Å². The molecule has 144 valence electrons. The second kappa shape index (κ2) is 8.81. The average Bonchev–Trinajstić information content (AvgIpc) is 3.16. The van der Waals surface area contributed by atoms with Crippen LogP contribution in [0.3, 0.4) is 0 Å². The van der Waals surface area contributed by atoms with E-state index in [0.717, 1.165) is 17.3 Å². The first-order valence-corrected chi connectivity index (χ1v) is 9.23. The predicted molar refractivity (Wildman–Crippen MR) is 108 cm³/mol. The van der Waals surface area contributed by atoms with Crippen LogP contribution >= 0.6 is 23.4 Å². The van der Waals surface area contributed by atoms with Crippen LogP contribution in [0.1, 0.15) is 5.56 Å². The van der Waals surface area contributed by atoms with Crippen molar-refractivity contribution in [2.24, 2.45) is 0 Å². The molecule has 0 spiro atoms. The summed E-state index contributed by atoms with van der Waals surface area (Å²) in [7, 11) is 3.01. The highest BCUT2D eigenvalue weighted by molar-refractivity contribution is 8.04. The zero-order valence-corrected chi connectivity index (χ0v) is 16.5. The molecule has 1 aromatic heterocycles.